The van der Waals surface area contributed by atoms with Crippen LogP contribution in [0.4, 0.5) is 5.82 Å². The number of hydrogen-bond donors (Lipinski definition) is 2. The Morgan fingerprint density at radius 1 is 1.50 bits per heavy atom. The summed E-state index contributed by atoms with van der Waals surface area (Å²) in [6, 6.07) is 0. The molecule has 1 fully saturated rings. The van der Waals surface area contributed by atoms with Crippen LogP contribution in [0.15, 0.2) is 17.8 Å². The Balaban J connectivity index is 2.02. The highest BCUT2D eigenvalue weighted by Gasteiger charge is 2.35. The maximum absolute atomic E-state index is 9.75. The molecule has 10 nitrogen and oxygen atoms in total. The summed E-state index contributed by atoms with van der Waals surface area (Å²) in [5.74, 6) is 0.133. The second-order valence-corrected chi connectivity index (χ2v) is 4.33. The Kier molecular flexibility index (Phi) is 3.20. The fourth-order valence-electron chi connectivity index (χ4n) is 2.22. The summed E-state index contributed by atoms with van der Waals surface area (Å²) in [7, 11) is 0. The Hall–Kier alpha value is -2.26. The summed E-state index contributed by atoms with van der Waals surface area (Å²) >= 11 is 0. The third-order valence-electron chi connectivity index (χ3n) is 3.17. The van der Waals surface area contributed by atoms with Crippen molar-refractivity contribution in [3.8, 4) is 0 Å². The van der Waals surface area contributed by atoms with E-state index >= 15 is 0 Å². The van der Waals surface area contributed by atoms with Crippen LogP contribution in [0.3, 0.4) is 0 Å². The standard InChI is InChI=1S/C10H11N7O3/c11-16-15-9-8-10(13-3-12-9)17(4-14-8)7-1-5(19)6(2-18)20-7/h3-7,18-19H,1-2H2/t5?,6-,7-/m1/s1. The highest BCUT2D eigenvalue weighted by Crippen LogP contribution is 2.31. The van der Waals surface area contributed by atoms with Crippen LogP contribution >= 0.6 is 0 Å². The monoisotopic (exact) mass is 277 g/mol. The Bertz CT molecular complexity index is 681. The minimum absolute atomic E-state index is 0.133. The predicted octanol–water partition coefficient (Wildman–Crippen LogP) is 0.409. The van der Waals surface area contributed by atoms with Gasteiger partial charge in [0.05, 0.1) is 19.0 Å². The molecule has 0 bridgehead atoms. The molecule has 0 amide bonds. The average molecular weight is 277 g/mol. The number of rotatable bonds is 3. The second-order valence-electron chi connectivity index (χ2n) is 4.33. The summed E-state index contributed by atoms with van der Waals surface area (Å²) in [6.45, 7) is -0.261. The van der Waals surface area contributed by atoms with E-state index in [1.807, 2.05) is 0 Å². The lowest BCUT2D eigenvalue weighted by Crippen LogP contribution is -2.24. The van der Waals surface area contributed by atoms with Crippen molar-refractivity contribution in [2.45, 2.75) is 24.9 Å². The zero-order valence-corrected chi connectivity index (χ0v) is 10.2. The van der Waals surface area contributed by atoms with Crippen molar-refractivity contribution in [2.24, 2.45) is 5.11 Å². The third-order valence-corrected chi connectivity index (χ3v) is 3.17. The van der Waals surface area contributed by atoms with Gasteiger partial charge in [-0.05, 0) is 10.6 Å². The lowest BCUT2D eigenvalue weighted by Gasteiger charge is -2.13. The first kappa shape index (κ1) is 12.8. The van der Waals surface area contributed by atoms with Crippen LogP contribution in [0.2, 0.25) is 0 Å². The number of hydrogen-bond acceptors (Lipinski definition) is 7. The third kappa shape index (κ3) is 1.96. The first-order chi connectivity index (χ1) is 9.74. The molecule has 0 spiro atoms. The van der Waals surface area contributed by atoms with E-state index in [1.165, 1.54) is 12.7 Å². The van der Waals surface area contributed by atoms with Crippen molar-refractivity contribution >= 4 is 17.0 Å². The van der Waals surface area contributed by atoms with E-state index in [-0.39, 0.29) is 12.4 Å². The van der Waals surface area contributed by atoms with Crippen molar-refractivity contribution in [2.75, 3.05) is 6.61 Å². The Labute approximate surface area is 112 Å². The molecule has 0 aliphatic carbocycles. The number of aromatic nitrogens is 4. The van der Waals surface area contributed by atoms with Gasteiger partial charge in [-0.15, -0.1) is 0 Å². The van der Waals surface area contributed by atoms with E-state index in [4.69, 9.17) is 15.4 Å². The molecule has 2 N–H and O–H groups in total. The molecule has 1 aliphatic heterocycles. The molecule has 10 heteroatoms. The first-order valence-corrected chi connectivity index (χ1v) is 5.91. The summed E-state index contributed by atoms with van der Waals surface area (Å²) < 4.78 is 7.15. The topological polar surface area (TPSA) is 142 Å². The number of imidazole rings is 1. The maximum Gasteiger partial charge on any atom is 0.165 e. The fourth-order valence-corrected chi connectivity index (χ4v) is 2.22. The molecule has 0 aromatic carbocycles. The summed E-state index contributed by atoms with van der Waals surface area (Å²) in [5, 5.41) is 22.3. The van der Waals surface area contributed by atoms with Crippen molar-refractivity contribution in [1.82, 2.24) is 19.5 Å². The first-order valence-electron chi connectivity index (χ1n) is 5.91. The van der Waals surface area contributed by atoms with E-state index in [1.54, 1.807) is 4.57 Å². The number of azide groups is 1. The highest BCUT2D eigenvalue weighted by atomic mass is 16.5. The molecular formula is C10H11N7O3. The maximum atomic E-state index is 9.75. The smallest absolute Gasteiger partial charge is 0.165 e. The van der Waals surface area contributed by atoms with Gasteiger partial charge in [-0.1, -0.05) is 0 Å². The van der Waals surface area contributed by atoms with Crippen molar-refractivity contribution in [1.29, 1.82) is 0 Å². The van der Waals surface area contributed by atoms with Crippen molar-refractivity contribution < 1.29 is 14.9 Å². The van der Waals surface area contributed by atoms with Crippen LogP contribution in [0.5, 0.6) is 0 Å². The molecule has 3 rings (SSSR count). The number of ether oxygens (including phenoxy) is 1. The fraction of sp³-hybridized carbons (Fsp3) is 0.500. The Morgan fingerprint density at radius 2 is 2.35 bits per heavy atom. The summed E-state index contributed by atoms with van der Waals surface area (Å²) in [6.07, 6.45) is 1.20. The Morgan fingerprint density at radius 3 is 3.05 bits per heavy atom. The van der Waals surface area contributed by atoms with Gasteiger partial charge in [0.25, 0.3) is 0 Å². The molecule has 104 valence electrons. The quantitative estimate of drug-likeness (QED) is 0.472. The number of aliphatic hydroxyl groups is 2. The molecule has 1 saturated heterocycles. The van der Waals surface area contributed by atoms with Crippen LogP contribution < -0.4 is 0 Å². The molecule has 2 aromatic heterocycles. The van der Waals surface area contributed by atoms with Crippen LogP contribution in [-0.4, -0.2) is 48.5 Å². The van der Waals surface area contributed by atoms with E-state index < -0.39 is 18.4 Å². The molecular weight excluding hydrogens is 266 g/mol. The number of fused-ring (bicyclic) bond motifs is 1. The van der Waals surface area contributed by atoms with Gasteiger partial charge < -0.3 is 14.9 Å². The molecule has 0 radical (unpaired) electrons. The van der Waals surface area contributed by atoms with Crippen LogP contribution in [-0.2, 0) is 4.74 Å². The van der Waals surface area contributed by atoms with Gasteiger partial charge in [-0.25, -0.2) is 15.0 Å². The molecule has 3 atom stereocenters. The van der Waals surface area contributed by atoms with Gasteiger partial charge in [0, 0.05) is 11.3 Å². The number of nitrogens with zero attached hydrogens (tertiary/aromatic N) is 7. The largest absolute Gasteiger partial charge is 0.394 e. The molecule has 0 saturated carbocycles. The number of aliphatic hydroxyl groups excluding tert-OH is 2. The van der Waals surface area contributed by atoms with Crippen molar-refractivity contribution in [3.63, 3.8) is 0 Å². The SMILES string of the molecule is [N-]=[N+]=Nc1ncnc2c1ncn2[C@H]1CC(O)[C@@H](CO)O1. The lowest BCUT2D eigenvalue weighted by atomic mass is 10.2. The van der Waals surface area contributed by atoms with Gasteiger partial charge in [0.15, 0.2) is 11.5 Å². The molecule has 20 heavy (non-hydrogen) atoms. The second kappa shape index (κ2) is 5.02. The molecule has 3 heterocycles. The van der Waals surface area contributed by atoms with Gasteiger partial charge in [0.1, 0.15) is 24.2 Å². The normalized spacial score (nSPS) is 25.8. The minimum Gasteiger partial charge on any atom is -0.394 e. The van der Waals surface area contributed by atoms with Crippen LogP contribution in [0.25, 0.3) is 21.6 Å². The van der Waals surface area contributed by atoms with E-state index in [9.17, 15) is 5.11 Å². The summed E-state index contributed by atoms with van der Waals surface area (Å²) in [4.78, 5) is 14.7. The zero-order chi connectivity index (χ0) is 14.1. The predicted molar refractivity (Wildman–Crippen MR) is 65.7 cm³/mol. The minimum atomic E-state index is -0.749. The van der Waals surface area contributed by atoms with Gasteiger partial charge >= 0.3 is 0 Å². The van der Waals surface area contributed by atoms with Crippen molar-refractivity contribution in [3.05, 3.63) is 23.1 Å². The van der Waals surface area contributed by atoms with Gasteiger partial charge in [-0.2, -0.15) is 0 Å². The van der Waals surface area contributed by atoms with Crippen LogP contribution in [0, 0.1) is 0 Å². The van der Waals surface area contributed by atoms with E-state index in [0.717, 1.165) is 0 Å². The average Bonchev–Trinajstić information content (AvgIpc) is 3.03. The van der Waals surface area contributed by atoms with Gasteiger partial charge in [0.2, 0.25) is 0 Å². The highest BCUT2D eigenvalue weighted by molar-refractivity contribution is 5.80. The van der Waals surface area contributed by atoms with Gasteiger partial charge in [-0.3, -0.25) is 4.57 Å². The van der Waals surface area contributed by atoms with E-state index in [2.05, 4.69) is 25.0 Å². The molecule has 1 unspecified atom stereocenters. The van der Waals surface area contributed by atoms with Crippen LogP contribution in [0.1, 0.15) is 12.6 Å². The lowest BCUT2D eigenvalue weighted by molar-refractivity contribution is -0.0432. The van der Waals surface area contributed by atoms with E-state index in [0.29, 0.717) is 17.6 Å². The zero-order valence-electron chi connectivity index (χ0n) is 10.2. The molecule has 1 aliphatic rings. The summed E-state index contributed by atoms with van der Waals surface area (Å²) in [5.41, 5.74) is 9.28. The molecule has 2 aromatic rings.